The molecule has 4 aliphatic heterocycles. The van der Waals surface area contributed by atoms with Crippen LogP contribution < -0.4 is 16.0 Å². The summed E-state index contributed by atoms with van der Waals surface area (Å²) in [6.45, 7) is 35.0. The van der Waals surface area contributed by atoms with E-state index in [9.17, 15) is 33.9 Å². The number of likely N-dealkylation sites (tertiary alicyclic amines) is 4. The van der Waals surface area contributed by atoms with Crippen LogP contribution in [-0.4, -0.2) is 155 Å². The van der Waals surface area contributed by atoms with Crippen molar-refractivity contribution in [2.24, 2.45) is 17.3 Å². The van der Waals surface area contributed by atoms with Crippen molar-refractivity contribution in [2.45, 2.75) is 256 Å². The number of aliphatic carboxylic acids is 1. The molecule has 5 aliphatic carbocycles. The molecule has 2 unspecified atom stereocenters. The van der Waals surface area contributed by atoms with Gasteiger partial charge in [-0.15, -0.1) is 0 Å². The fourth-order valence-corrected chi connectivity index (χ4v) is 18.4. The average Bonchev–Trinajstić information content (AvgIpc) is 1.52. The molecule has 9 aliphatic rings. The molecule has 5 fully saturated rings. The SMILES string of the molecule is CC(=O)NC1CCC2(CCN(C(=O)OC(C)(C)C)CC2)c2ccccc21.CC(=O)N[C@H]1CC2(CCN(CC(=O)N(CC#N)C(C)C)CC2)c2ccccc21.CC(C)(C)CCN1CCC2(CC[C@H](NC(=O)C3CC3)c3ccccc32)CC1.CC(C)CCN1CCC2(CC1)CC(C(=O)O)c1ccccc12.[HH].[HH].[HH].[HH]. The van der Waals surface area contributed by atoms with Gasteiger partial charge in [-0.1, -0.05) is 132 Å². The monoisotopic (exact) mass is 1420 g/mol. The van der Waals surface area contributed by atoms with E-state index >= 15 is 0 Å². The van der Waals surface area contributed by atoms with E-state index < -0.39 is 11.6 Å². The number of carbonyl (C=O) groups excluding carboxylic acids is 5. The molecule has 4 saturated heterocycles. The number of nitrogens with one attached hydrogen (secondary N) is 3. The maximum absolute atomic E-state index is 12.6. The Kier molecular flexibility index (Phi) is 25.5. The second kappa shape index (κ2) is 33.5. The zero-order valence-electron chi connectivity index (χ0n) is 64.5. The van der Waals surface area contributed by atoms with Gasteiger partial charge in [0.15, 0.2) is 0 Å². The van der Waals surface area contributed by atoms with Gasteiger partial charge in [-0.3, -0.25) is 28.9 Å². The van der Waals surface area contributed by atoms with Crippen LogP contribution in [0, 0.1) is 28.6 Å². The number of benzene rings is 4. The van der Waals surface area contributed by atoms with Gasteiger partial charge in [0, 0.05) is 50.0 Å². The molecule has 4 heterocycles. The number of nitrogens with zero attached hydrogens (tertiary/aromatic N) is 6. The minimum atomic E-state index is -0.661. The molecule has 5 amide bonds. The Morgan fingerprint density at radius 1 is 0.553 bits per heavy atom. The van der Waals surface area contributed by atoms with Crippen LogP contribution in [0.15, 0.2) is 97.1 Å². The van der Waals surface area contributed by atoms with Crippen LogP contribution in [-0.2, 0) is 50.4 Å². The summed E-state index contributed by atoms with van der Waals surface area (Å²) in [5.41, 5.74) is 11.0. The molecule has 0 radical (unpaired) electrons. The standard InChI is InChI=1S/C24H36N2O.C22H30N4O2.C21H30N2O3.C19H27NO2.4H2/c1-23(2,3)12-15-26-16-13-24(14-17-26)11-10-21(25-22(27)18-8-9-18)19-6-4-5-7-20(19)24;1-16(2)26(13-10-23)21(28)15-25-11-8-22(9-12-25)14-20(24-17(3)27)18-6-4-5-7-19(18)22;1-15(24)22-18-9-10-21(17-8-6-5-7-16(17)18)11-13-23(14-12-21)19(25)26-20(2,3)4;1-14(2)7-10-20-11-8-19(9-12-20)13-16(18(21)22)15-5-3-4-6-17(15)19;;;;/h4-7,18,21H,8-17H2,1-3H3,(H,25,27);4-7,16,20H,8-9,11-15H2,1-3H3,(H,24,27);5-8,18H,9-14H2,1-4H3,(H,22,24);3-6,14,16H,7-13H2,1-2H3,(H,21,22);4*1H/t21-;20-;;;;;;/m00....../s1. The van der Waals surface area contributed by atoms with E-state index in [0.29, 0.717) is 36.4 Å². The highest BCUT2D eigenvalue weighted by atomic mass is 16.6. The summed E-state index contributed by atoms with van der Waals surface area (Å²) in [4.78, 5) is 83.0. The number of carbonyl (C=O) groups is 6. The van der Waals surface area contributed by atoms with Crippen molar-refractivity contribution >= 4 is 35.7 Å². The number of piperidine rings is 4. The molecule has 4 spiro atoms. The van der Waals surface area contributed by atoms with E-state index in [1.54, 1.807) is 18.7 Å². The largest absolute Gasteiger partial charge is 0.481 e. The highest BCUT2D eigenvalue weighted by molar-refractivity contribution is 5.82. The minimum Gasteiger partial charge on any atom is -0.481 e. The van der Waals surface area contributed by atoms with Crippen molar-refractivity contribution in [2.75, 3.05) is 78.5 Å². The van der Waals surface area contributed by atoms with E-state index in [1.165, 1.54) is 97.2 Å². The lowest BCUT2D eigenvalue weighted by molar-refractivity contribution is -0.139. The number of carboxylic acids is 1. The van der Waals surface area contributed by atoms with E-state index in [4.69, 9.17) is 10.00 Å². The van der Waals surface area contributed by atoms with Crippen LogP contribution in [0.4, 0.5) is 4.79 Å². The van der Waals surface area contributed by atoms with Crippen LogP contribution in [0.1, 0.15) is 273 Å². The van der Waals surface area contributed by atoms with Gasteiger partial charge in [-0.2, -0.15) is 5.26 Å². The fourth-order valence-electron chi connectivity index (χ4n) is 18.4. The molecule has 13 rings (SSSR count). The molecule has 103 heavy (non-hydrogen) atoms. The molecule has 0 aromatic heterocycles. The lowest BCUT2D eigenvalue weighted by Gasteiger charge is -2.47. The molecule has 0 bridgehead atoms. The van der Waals surface area contributed by atoms with E-state index in [2.05, 4.69) is 144 Å². The van der Waals surface area contributed by atoms with Crippen LogP contribution in [0.25, 0.3) is 0 Å². The molecule has 4 N–H and O–H groups in total. The van der Waals surface area contributed by atoms with Gasteiger partial charge in [0.1, 0.15) is 12.1 Å². The summed E-state index contributed by atoms with van der Waals surface area (Å²) in [6, 6.07) is 36.6. The van der Waals surface area contributed by atoms with Crippen molar-refractivity contribution in [3.05, 3.63) is 142 Å². The van der Waals surface area contributed by atoms with Gasteiger partial charge in [0.2, 0.25) is 23.6 Å². The number of hydrogen-bond acceptors (Lipinski definition) is 11. The molecule has 4 aromatic carbocycles. The summed E-state index contributed by atoms with van der Waals surface area (Å²) in [6.07, 6.45) is 19.0. The normalized spacial score (nSPS) is 22.8. The predicted molar refractivity (Wildman–Crippen MR) is 416 cm³/mol. The van der Waals surface area contributed by atoms with Crippen molar-refractivity contribution in [3.8, 4) is 6.07 Å². The average molecular weight is 1420 g/mol. The number of ether oxygens (including phenoxy) is 1. The summed E-state index contributed by atoms with van der Waals surface area (Å²) >= 11 is 0. The Hall–Kier alpha value is -7.13. The number of fused-ring (bicyclic) bond motifs is 8. The third-order valence-electron chi connectivity index (χ3n) is 24.5. The summed E-state index contributed by atoms with van der Waals surface area (Å²) in [5.74, 6) is 0.397. The van der Waals surface area contributed by atoms with Gasteiger partial charge in [0.05, 0.1) is 36.7 Å². The van der Waals surface area contributed by atoms with Gasteiger partial charge in [0.25, 0.3) is 0 Å². The van der Waals surface area contributed by atoms with Crippen LogP contribution >= 0.6 is 0 Å². The molecule has 4 aromatic rings. The van der Waals surface area contributed by atoms with Gasteiger partial charge in [-0.05, 0) is 275 Å². The summed E-state index contributed by atoms with van der Waals surface area (Å²) < 4.78 is 5.52. The van der Waals surface area contributed by atoms with Crippen LogP contribution in [0.2, 0.25) is 0 Å². The topological polar surface area (TPSA) is 208 Å². The Balaban J connectivity index is 0.000000221. The van der Waals surface area contributed by atoms with Crippen molar-refractivity contribution in [1.82, 2.24) is 40.4 Å². The summed E-state index contributed by atoms with van der Waals surface area (Å²) in [7, 11) is 0. The van der Waals surface area contributed by atoms with E-state index in [-0.39, 0.29) is 88.3 Å². The highest BCUT2D eigenvalue weighted by Gasteiger charge is 2.50. The zero-order valence-corrected chi connectivity index (χ0v) is 64.5. The lowest BCUT2D eigenvalue weighted by Crippen LogP contribution is -2.49. The van der Waals surface area contributed by atoms with Crippen molar-refractivity contribution in [1.29, 1.82) is 5.26 Å². The van der Waals surface area contributed by atoms with Gasteiger partial charge in [-0.25, -0.2) is 4.79 Å². The predicted octanol–water partition coefficient (Wildman–Crippen LogP) is 15.7. The third-order valence-corrected chi connectivity index (χ3v) is 24.5. The zero-order chi connectivity index (χ0) is 74.1. The highest BCUT2D eigenvalue weighted by Crippen LogP contribution is 2.54. The van der Waals surface area contributed by atoms with Crippen molar-refractivity contribution in [3.63, 3.8) is 0 Å². The molecular weight excluding hydrogens is 1290 g/mol. The minimum absolute atomic E-state index is 0. The first-order valence-electron chi connectivity index (χ1n) is 39.2. The van der Waals surface area contributed by atoms with Crippen LogP contribution in [0.5, 0.6) is 0 Å². The Bertz CT molecular complexity index is 3650. The smallest absolute Gasteiger partial charge is 0.410 e. The number of amides is 5. The van der Waals surface area contributed by atoms with Crippen molar-refractivity contribution < 1.29 is 44.3 Å². The Morgan fingerprint density at radius 3 is 1.43 bits per heavy atom. The molecule has 1 saturated carbocycles. The molecule has 568 valence electrons. The number of rotatable bonds is 14. The fraction of sp³-hybridized carbons (Fsp3) is 0.640. The Labute approximate surface area is 622 Å². The molecular formula is C86H131N9O8. The maximum Gasteiger partial charge on any atom is 0.410 e. The number of hydrogen-bond donors (Lipinski definition) is 4. The van der Waals surface area contributed by atoms with Gasteiger partial charge < -0.3 is 45.4 Å². The summed E-state index contributed by atoms with van der Waals surface area (Å²) in [5, 5.41) is 28.1. The number of nitriles is 1. The Morgan fingerprint density at radius 2 is 0.971 bits per heavy atom. The first kappa shape index (κ1) is 78.5. The van der Waals surface area contributed by atoms with Gasteiger partial charge >= 0.3 is 12.1 Å². The van der Waals surface area contributed by atoms with Crippen LogP contribution in [0.3, 0.4) is 0 Å². The van der Waals surface area contributed by atoms with E-state index in [0.717, 1.165) is 121 Å². The maximum atomic E-state index is 12.6. The second-order valence-corrected chi connectivity index (χ2v) is 34.9. The van der Waals surface area contributed by atoms with E-state index in [1.807, 2.05) is 63.8 Å². The molecule has 17 heteroatoms. The second-order valence-electron chi connectivity index (χ2n) is 34.9. The molecule has 4 atom stereocenters. The number of carboxylic acid groups (broad SMARTS) is 1. The first-order valence-corrected chi connectivity index (χ1v) is 39.2. The molecule has 17 nitrogen and oxygen atoms in total. The first-order chi connectivity index (χ1) is 48.9. The third kappa shape index (κ3) is 19.5. The lowest BCUT2D eigenvalue weighted by atomic mass is 9.63. The quantitative estimate of drug-likeness (QED) is 0.0870.